The average Bonchev–Trinajstić information content (AvgIpc) is 1.60. The molecule has 10 heavy (non-hydrogen) atoms. The molecule has 0 aliphatic carbocycles. The quantitative estimate of drug-likeness (QED) is 0.599. The molecule has 0 aliphatic rings. The minimum Gasteiger partial charge on any atom is -0.465 e. The van der Waals surface area contributed by atoms with Gasteiger partial charge in [0.05, 0.1) is 8.07 Å². The van der Waals surface area contributed by atoms with E-state index in [1.165, 1.54) is 0 Å². The van der Waals surface area contributed by atoms with E-state index in [-0.39, 0.29) is 5.67 Å². The van der Waals surface area contributed by atoms with E-state index in [9.17, 15) is 4.79 Å². The predicted octanol–water partition coefficient (Wildman–Crippen LogP) is 1.33. The number of nitrogens with one attached hydrogen (secondary N) is 1. The van der Waals surface area contributed by atoms with Gasteiger partial charge in [0.15, 0.2) is 0 Å². The third kappa shape index (κ3) is 3.50. The summed E-state index contributed by atoms with van der Waals surface area (Å²) in [5, 5.41) is 10.7. The Bertz CT molecular complexity index is 130. The highest BCUT2D eigenvalue weighted by molar-refractivity contribution is 6.78. The highest BCUT2D eigenvalue weighted by Gasteiger charge is 2.23. The zero-order valence-corrected chi connectivity index (χ0v) is 7.64. The summed E-state index contributed by atoms with van der Waals surface area (Å²) >= 11 is 0. The molecule has 1 amide bonds. The maximum absolute atomic E-state index is 10.1. The maximum Gasteiger partial charge on any atom is 0.404 e. The van der Waals surface area contributed by atoms with Crippen LogP contribution in [0, 0.1) is 6.92 Å². The smallest absolute Gasteiger partial charge is 0.404 e. The first-order chi connectivity index (χ1) is 4.34. The second-order valence-corrected chi connectivity index (χ2v) is 8.80. The minimum atomic E-state index is -1.43. The van der Waals surface area contributed by atoms with E-state index >= 15 is 0 Å². The van der Waals surface area contributed by atoms with Gasteiger partial charge in [0, 0.05) is 5.67 Å². The lowest BCUT2D eigenvalue weighted by atomic mass is 10.7. The summed E-state index contributed by atoms with van der Waals surface area (Å²) in [6.07, 6.45) is -0.984. The molecule has 2 N–H and O–H groups in total. The zero-order valence-electron chi connectivity index (χ0n) is 6.64. The molecular formula is C6H14NO2Si. The number of hydrogen-bond donors (Lipinski definition) is 2. The number of carboxylic acid groups (broad SMARTS) is 1. The van der Waals surface area contributed by atoms with Gasteiger partial charge in [-0.15, -0.1) is 0 Å². The SMILES string of the molecule is [CH2]C(NC(=O)O)[Si](C)(C)C. The summed E-state index contributed by atoms with van der Waals surface area (Å²) in [6, 6.07) is 0. The Morgan fingerprint density at radius 1 is 1.60 bits per heavy atom. The lowest BCUT2D eigenvalue weighted by Crippen LogP contribution is -2.48. The zero-order chi connectivity index (χ0) is 8.36. The number of hydrogen-bond acceptors (Lipinski definition) is 1. The van der Waals surface area contributed by atoms with E-state index in [4.69, 9.17) is 5.11 Å². The normalized spacial score (nSPS) is 14.4. The number of amides is 1. The van der Waals surface area contributed by atoms with Crippen LogP contribution in [0.1, 0.15) is 0 Å². The van der Waals surface area contributed by atoms with Crippen molar-refractivity contribution in [3.63, 3.8) is 0 Å². The van der Waals surface area contributed by atoms with E-state index in [0.717, 1.165) is 0 Å². The molecule has 0 heterocycles. The van der Waals surface area contributed by atoms with Gasteiger partial charge in [0.1, 0.15) is 0 Å². The first-order valence-corrected chi connectivity index (χ1v) is 6.74. The molecule has 0 aliphatic heterocycles. The van der Waals surface area contributed by atoms with Crippen molar-refractivity contribution in [2.45, 2.75) is 25.3 Å². The molecule has 1 radical (unpaired) electrons. The summed E-state index contributed by atoms with van der Waals surface area (Å²) in [4.78, 5) is 10.1. The van der Waals surface area contributed by atoms with Crippen LogP contribution in [0.25, 0.3) is 0 Å². The van der Waals surface area contributed by atoms with Crippen molar-refractivity contribution in [2.75, 3.05) is 0 Å². The van der Waals surface area contributed by atoms with Crippen molar-refractivity contribution in [3.05, 3.63) is 6.92 Å². The fourth-order valence-electron chi connectivity index (χ4n) is 0.366. The Morgan fingerprint density at radius 2 is 2.00 bits per heavy atom. The molecule has 1 atom stereocenters. The van der Waals surface area contributed by atoms with Gasteiger partial charge in [-0.3, -0.25) is 0 Å². The molecule has 0 aromatic heterocycles. The van der Waals surface area contributed by atoms with Gasteiger partial charge in [-0.1, -0.05) is 19.6 Å². The summed E-state index contributed by atoms with van der Waals surface area (Å²) < 4.78 is 0. The van der Waals surface area contributed by atoms with Crippen molar-refractivity contribution in [3.8, 4) is 0 Å². The monoisotopic (exact) mass is 160 g/mol. The van der Waals surface area contributed by atoms with Crippen molar-refractivity contribution in [2.24, 2.45) is 0 Å². The van der Waals surface area contributed by atoms with Crippen molar-refractivity contribution in [1.29, 1.82) is 0 Å². The van der Waals surface area contributed by atoms with E-state index in [1.54, 1.807) is 0 Å². The third-order valence-electron chi connectivity index (χ3n) is 1.34. The highest BCUT2D eigenvalue weighted by atomic mass is 28.3. The Hall–Kier alpha value is -0.513. The van der Waals surface area contributed by atoms with Crippen molar-refractivity contribution < 1.29 is 9.90 Å². The molecule has 0 aromatic rings. The van der Waals surface area contributed by atoms with E-state index in [1.807, 2.05) is 0 Å². The van der Waals surface area contributed by atoms with Gasteiger partial charge < -0.3 is 10.4 Å². The highest BCUT2D eigenvalue weighted by Crippen LogP contribution is 2.05. The lowest BCUT2D eigenvalue weighted by Gasteiger charge is -2.24. The summed E-state index contributed by atoms with van der Waals surface area (Å²) in [7, 11) is -1.43. The molecule has 0 bridgehead atoms. The Labute approximate surface area is 62.5 Å². The van der Waals surface area contributed by atoms with Crippen LogP contribution in [0.2, 0.25) is 19.6 Å². The van der Waals surface area contributed by atoms with Crippen LogP contribution in [0.3, 0.4) is 0 Å². The molecule has 3 nitrogen and oxygen atoms in total. The van der Waals surface area contributed by atoms with E-state index < -0.39 is 14.2 Å². The first-order valence-electron chi connectivity index (χ1n) is 3.16. The van der Waals surface area contributed by atoms with Crippen LogP contribution < -0.4 is 5.32 Å². The topological polar surface area (TPSA) is 49.3 Å². The maximum atomic E-state index is 10.1. The van der Waals surface area contributed by atoms with Crippen molar-refractivity contribution >= 4 is 14.2 Å². The molecule has 0 spiro atoms. The Morgan fingerprint density at radius 3 is 2.10 bits per heavy atom. The average molecular weight is 160 g/mol. The molecule has 0 saturated heterocycles. The van der Waals surface area contributed by atoms with Gasteiger partial charge in [0.2, 0.25) is 0 Å². The second-order valence-electron chi connectivity index (χ2n) is 3.37. The third-order valence-corrected chi connectivity index (χ3v) is 3.58. The Balaban J connectivity index is 3.85. The summed E-state index contributed by atoms with van der Waals surface area (Å²) in [6.45, 7) is 9.93. The van der Waals surface area contributed by atoms with Crippen LogP contribution in [0.4, 0.5) is 4.79 Å². The van der Waals surface area contributed by atoms with Crippen LogP contribution >= 0.6 is 0 Å². The summed E-state index contributed by atoms with van der Waals surface area (Å²) in [5.74, 6) is 0. The molecule has 0 aromatic carbocycles. The Kier molecular flexibility index (Phi) is 2.89. The fourth-order valence-corrected chi connectivity index (χ4v) is 0.922. The number of carbonyl (C=O) groups is 1. The van der Waals surface area contributed by atoms with Crippen LogP contribution in [-0.2, 0) is 0 Å². The molecule has 59 valence electrons. The van der Waals surface area contributed by atoms with Gasteiger partial charge in [-0.2, -0.15) is 0 Å². The van der Waals surface area contributed by atoms with Gasteiger partial charge >= 0.3 is 6.09 Å². The van der Waals surface area contributed by atoms with E-state index in [0.29, 0.717) is 0 Å². The van der Waals surface area contributed by atoms with Crippen molar-refractivity contribution in [1.82, 2.24) is 5.32 Å². The van der Waals surface area contributed by atoms with Crippen LogP contribution in [0.5, 0.6) is 0 Å². The standard InChI is InChI=1S/C6H14NO2Si/c1-5(7-6(8)9)10(2,3)4/h5,7H,1H2,2-4H3,(H,8,9). The lowest BCUT2D eigenvalue weighted by molar-refractivity contribution is 0.194. The summed E-state index contributed by atoms with van der Waals surface area (Å²) in [5.41, 5.74) is -0.120. The molecule has 1 unspecified atom stereocenters. The minimum absolute atomic E-state index is 0.120. The molecule has 4 heteroatoms. The van der Waals surface area contributed by atoms with Gasteiger partial charge in [0.25, 0.3) is 0 Å². The van der Waals surface area contributed by atoms with Crippen LogP contribution in [0.15, 0.2) is 0 Å². The van der Waals surface area contributed by atoms with Gasteiger partial charge in [-0.05, 0) is 6.92 Å². The molecule has 0 rings (SSSR count). The molecule has 0 fully saturated rings. The number of rotatable bonds is 2. The first kappa shape index (κ1) is 9.49. The molecule has 0 saturated carbocycles. The fraction of sp³-hybridized carbons (Fsp3) is 0.667. The van der Waals surface area contributed by atoms with Gasteiger partial charge in [-0.25, -0.2) is 4.79 Å². The second kappa shape index (κ2) is 3.05. The molecular weight excluding hydrogens is 146 g/mol. The predicted molar refractivity (Wildman–Crippen MR) is 43.7 cm³/mol. The van der Waals surface area contributed by atoms with E-state index in [2.05, 4.69) is 31.9 Å². The van der Waals surface area contributed by atoms with Crippen LogP contribution in [-0.4, -0.2) is 24.9 Å². The largest absolute Gasteiger partial charge is 0.465 e.